The monoisotopic (exact) mass is 843 g/mol. The average molecular weight is 845 g/mol. The highest BCUT2D eigenvalue weighted by Gasteiger charge is 2.54. The quantitative estimate of drug-likeness (QED) is 0.105. The first-order chi connectivity index (χ1) is 26.7. The molecule has 2 saturated heterocycles. The Labute approximate surface area is 337 Å². The van der Waals surface area contributed by atoms with Crippen LogP contribution in [0.1, 0.15) is 76.7 Å². The standard InChI is InChI=1S/C42H54BrNO12/c1-25(2)38-42(5,6)56-41(48)44(38)39(47)26(3)34(53-27(4)46)32-21-30(43)31(54-32)19-14-20-50-37-36(52-24-29-17-12-9-13-18-29)35(33(22-45)55-40(37)49-7)51-23-28-15-10-8-11-16-28/h8-13,15-18,21,25-26,33-38,40,45H,14,19-20,22-24H2,1-7H3/t26-,33+,34-,35+,36-,37-,38-,40-/m0/s1. The minimum Gasteiger partial charge on any atom is -0.461 e. The van der Waals surface area contributed by atoms with Crippen LogP contribution in [0.4, 0.5) is 4.79 Å². The fourth-order valence-corrected chi connectivity index (χ4v) is 8.03. The summed E-state index contributed by atoms with van der Waals surface area (Å²) in [4.78, 5) is 40.3. The van der Waals surface area contributed by atoms with Crippen LogP contribution < -0.4 is 0 Å². The van der Waals surface area contributed by atoms with Crippen molar-refractivity contribution >= 4 is 33.9 Å². The van der Waals surface area contributed by atoms with Crippen molar-refractivity contribution in [3.05, 3.63) is 93.9 Å². The van der Waals surface area contributed by atoms with Gasteiger partial charge in [0.2, 0.25) is 5.91 Å². The minimum atomic E-state index is -1.11. The molecule has 0 bridgehead atoms. The summed E-state index contributed by atoms with van der Waals surface area (Å²) < 4.78 is 49.3. The second-order valence-corrected chi connectivity index (χ2v) is 15.9. The van der Waals surface area contributed by atoms with Gasteiger partial charge in [-0.1, -0.05) is 74.5 Å². The molecule has 5 rings (SSSR count). The van der Waals surface area contributed by atoms with E-state index in [1.165, 1.54) is 14.0 Å². The number of methoxy groups -OCH3 is 1. The van der Waals surface area contributed by atoms with E-state index in [2.05, 4.69) is 15.9 Å². The van der Waals surface area contributed by atoms with Gasteiger partial charge < -0.3 is 42.7 Å². The van der Waals surface area contributed by atoms with Gasteiger partial charge in [-0.3, -0.25) is 9.59 Å². The number of amides is 2. The lowest BCUT2D eigenvalue weighted by molar-refractivity contribution is -0.319. The molecule has 0 unspecified atom stereocenters. The second kappa shape index (κ2) is 19.7. The number of nitrogens with zero attached hydrogens (tertiary/aromatic N) is 1. The molecule has 3 aromatic rings. The topological polar surface area (TPSA) is 152 Å². The van der Waals surface area contributed by atoms with Crippen LogP contribution in [0.3, 0.4) is 0 Å². The summed E-state index contributed by atoms with van der Waals surface area (Å²) in [5, 5.41) is 10.4. The van der Waals surface area contributed by atoms with Crippen molar-refractivity contribution in [3.8, 4) is 0 Å². The second-order valence-electron chi connectivity index (χ2n) is 15.0. The number of hydrogen-bond donors (Lipinski definition) is 1. The Morgan fingerprint density at radius 2 is 1.54 bits per heavy atom. The lowest BCUT2D eigenvalue weighted by Gasteiger charge is -2.45. The zero-order valence-electron chi connectivity index (χ0n) is 33.1. The Bertz CT molecular complexity index is 1730. The lowest BCUT2D eigenvalue weighted by Crippen LogP contribution is -2.61. The molecule has 306 valence electrons. The molecule has 2 fully saturated rings. The number of carbonyl (C=O) groups excluding carboxylic acids is 3. The van der Waals surface area contributed by atoms with Gasteiger partial charge in [-0.2, -0.15) is 0 Å². The Morgan fingerprint density at radius 3 is 2.09 bits per heavy atom. The summed E-state index contributed by atoms with van der Waals surface area (Å²) in [6.07, 6.45) is -4.62. The summed E-state index contributed by atoms with van der Waals surface area (Å²) in [6, 6.07) is 20.6. The van der Waals surface area contributed by atoms with Crippen LogP contribution in [0.5, 0.6) is 0 Å². The van der Waals surface area contributed by atoms with E-state index in [1.807, 2.05) is 74.5 Å². The van der Waals surface area contributed by atoms with Crippen molar-refractivity contribution in [1.29, 1.82) is 0 Å². The van der Waals surface area contributed by atoms with Crippen LogP contribution in [0.25, 0.3) is 0 Å². The first-order valence-corrected chi connectivity index (χ1v) is 19.8. The number of cyclic esters (lactones) is 1. The van der Waals surface area contributed by atoms with E-state index in [-0.39, 0.29) is 38.1 Å². The Morgan fingerprint density at radius 1 is 0.929 bits per heavy atom. The molecule has 1 aromatic heterocycles. The highest BCUT2D eigenvalue weighted by atomic mass is 79.9. The van der Waals surface area contributed by atoms with Crippen molar-refractivity contribution in [1.82, 2.24) is 4.90 Å². The molecule has 3 heterocycles. The number of esters is 1. The highest BCUT2D eigenvalue weighted by Crippen LogP contribution is 2.39. The molecule has 2 aliphatic rings. The zero-order valence-corrected chi connectivity index (χ0v) is 34.6. The summed E-state index contributed by atoms with van der Waals surface area (Å²) in [5.74, 6) is -1.40. The molecule has 2 aromatic carbocycles. The number of benzene rings is 2. The molecular weight excluding hydrogens is 790 g/mol. The number of aliphatic hydroxyl groups excluding tert-OH is 1. The largest absolute Gasteiger partial charge is 0.461 e. The Balaban J connectivity index is 1.29. The van der Waals surface area contributed by atoms with Crippen LogP contribution in [0.2, 0.25) is 0 Å². The maximum absolute atomic E-state index is 13.9. The van der Waals surface area contributed by atoms with Gasteiger partial charge in [0, 0.05) is 27.1 Å². The maximum Gasteiger partial charge on any atom is 0.417 e. The SMILES string of the molecule is CO[C@H]1O[C@H](CO)[C@@H](OCc2ccccc2)[C@H](OCc2ccccc2)[C@@H]1OCCCc1oc([C@@H](OC(C)=O)[C@H](C)C(=O)N2C(=O)OC(C)(C)[C@@H]2C(C)C)cc1Br. The summed E-state index contributed by atoms with van der Waals surface area (Å²) in [7, 11) is 1.51. The number of aliphatic hydroxyl groups is 1. The van der Waals surface area contributed by atoms with Crippen molar-refractivity contribution < 1.29 is 57.1 Å². The third kappa shape index (κ3) is 10.5. The number of furan rings is 1. The molecule has 14 heteroatoms. The van der Waals surface area contributed by atoms with Gasteiger partial charge >= 0.3 is 12.1 Å². The van der Waals surface area contributed by atoms with Crippen molar-refractivity contribution in [2.24, 2.45) is 11.8 Å². The lowest BCUT2D eigenvalue weighted by atomic mass is 9.88. The van der Waals surface area contributed by atoms with Gasteiger partial charge in [-0.25, -0.2) is 9.69 Å². The normalized spacial score (nSPS) is 24.5. The average Bonchev–Trinajstić information content (AvgIpc) is 3.67. The van der Waals surface area contributed by atoms with Crippen molar-refractivity contribution in [3.63, 3.8) is 0 Å². The highest BCUT2D eigenvalue weighted by molar-refractivity contribution is 9.10. The Hall–Kier alpha value is -3.63. The Kier molecular flexibility index (Phi) is 15.3. The van der Waals surface area contributed by atoms with Gasteiger partial charge in [0.1, 0.15) is 41.5 Å². The minimum absolute atomic E-state index is 0.0831. The van der Waals surface area contributed by atoms with E-state index >= 15 is 0 Å². The smallest absolute Gasteiger partial charge is 0.417 e. The van der Waals surface area contributed by atoms with Crippen molar-refractivity contribution in [2.45, 2.75) is 116 Å². The molecular formula is C42H54BrNO12. The summed E-state index contributed by atoms with van der Waals surface area (Å²) >= 11 is 3.57. The van der Waals surface area contributed by atoms with Crippen LogP contribution in [0, 0.1) is 11.8 Å². The third-order valence-electron chi connectivity index (χ3n) is 10.0. The van der Waals surface area contributed by atoms with Gasteiger partial charge in [-0.05, 0) is 66.2 Å². The molecule has 1 N–H and O–H groups in total. The van der Waals surface area contributed by atoms with E-state index in [4.69, 9.17) is 37.6 Å². The molecule has 0 saturated carbocycles. The molecule has 56 heavy (non-hydrogen) atoms. The van der Waals surface area contributed by atoms with E-state index in [1.54, 1.807) is 26.8 Å². The van der Waals surface area contributed by atoms with Crippen LogP contribution >= 0.6 is 15.9 Å². The number of rotatable bonds is 18. The van der Waals surface area contributed by atoms with Gasteiger partial charge in [0.15, 0.2) is 12.4 Å². The number of imide groups is 1. The molecule has 0 radical (unpaired) electrons. The van der Waals surface area contributed by atoms with E-state index < -0.39 is 72.3 Å². The van der Waals surface area contributed by atoms with E-state index in [0.717, 1.165) is 16.0 Å². The maximum atomic E-state index is 13.9. The molecule has 13 nitrogen and oxygen atoms in total. The fourth-order valence-electron chi connectivity index (χ4n) is 7.53. The third-order valence-corrected chi connectivity index (χ3v) is 10.7. The van der Waals surface area contributed by atoms with Crippen LogP contribution in [-0.4, -0.2) is 90.6 Å². The van der Waals surface area contributed by atoms with Gasteiger partial charge in [0.05, 0.1) is 36.3 Å². The number of hydrogen-bond acceptors (Lipinski definition) is 12. The summed E-state index contributed by atoms with van der Waals surface area (Å²) in [5.41, 5.74) is 1.02. The molecule has 8 atom stereocenters. The van der Waals surface area contributed by atoms with Gasteiger partial charge in [-0.15, -0.1) is 0 Å². The molecule has 0 aliphatic carbocycles. The van der Waals surface area contributed by atoms with Crippen molar-refractivity contribution in [2.75, 3.05) is 20.3 Å². The first kappa shape index (κ1) is 43.5. The number of ether oxygens (including phenoxy) is 7. The van der Waals surface area contributed by atoms with Crippen LogP contribution in [0.15, 0.2) is 75.6 Å². The predicted octanol–water partition coefficient (Wildman–Crippen LogP) is 6.92. The predicted molar refractivity (Wildman–Crippen MR) is 207 cm³/mol. The zero-order chi connectivity index (χ0) is 40.6. The first-order valence-electron chi connectivity index (χ1n) is 19.0. The molecule has 2 amide bonds. The number of carbonyl (C=O) groups is 3. The summed E-state index contributed by atoms with van der Waals surface area (Å²) in [6.45, 7) is 10.7. The van der Waals surface area contributed by atoms with Crippen LogP contribution in [-0.2, 0) is 62.4 Å². The van der Waals surface area contributed by atoms with Gasteiger partial charge in [0.25, 0.3) is 0 Å². The number of halogens is 1. The van der Waals surface area contributed by atoms with E-state index in [0.29, 0.717) is 23.1 Å². The number of aryl methyl sites for hydroxylation is 1. The van der Waals surface area contributed by atoms with E-state index in [9.17, 15) is 19.5 Å². The molecule has 0 spiro atoms. The molecule has 2 aliphatic heterocycles. The fraction of sp³-hybridized carbons (Fsp3) is 0.548.